The van der Waals surface area contributed by atoms with Crippen molar-refractivity contribution in [1.82, 2.24) is 0 Å². The molecular weight excluding hydrogens is 439 g/mol. The zero-order valence-corrected chi connectivity index (χ0v) is 10.9. The average Bonchev–Trinajstić information content (AvgIpc) is 1.00. The average molecular weight is 439 g/mol. The van der Waals surface area contributed by atoms with Crippen molar-refractivity contribution in [3.63, 3.8) is 0 Å². The molecule has 0 aliphatic heterocycles. The van der Waals surface area contributed by atoms with E-state index in [1.165, 1.54) is 0 Å². The molecule has 5 heavy (non-hydrogen) atoms. The van der Waals surface area contributed by atoms with Crippen molar-refractivity contribution in [3.05, 3.63) is 0 Å². The van der Waals surface area contributed by atoms with Gasteiger partial charge in [-0.25, -0.2) is 0 Å². The van der Waals surface area contributed by atoms with Crippen LogP contribution in [0.15, 0.2) is 0 Å². The van der Waals surface area contributed by atoms with Gasteiger partial charge < -0.3 is 0 Å². The van der Waals surface area contributed by atoms with Crippen LogP contribution in [0.5, 0.6) is 0 Å². The van der Waals surface area contributed by atoms with Crippen molar-refractivity contribution in [1.29, 1.82) is 0 Å². The Morgan fingerprint density at radius 3 is 1.20 bits per heavy atom. The maximum Gasteiger partial charge on any atom is 0.197 e. The van der Waals surface area contributed by atoms with Gasteiger partial charge in [-0.15, -0.1) is 0 Å². The van der Waals surface area contributed by atoms with Crippen LogP contribution in [-0.2, 0) is 45.2 Å². The van der Waals surface area contributed by atoms with Gasteiger partial charge in [-0.1, -0.05) is 0 Å². The third-order valence-electron chi connectivity index (χ3n) is 0. The molecule has 0 aromatic carbocycles. The predicted molar refractivity (Wildman–Crippen MR) is 8.14 cm³/mol. The fourth-order valence-electron chi connectivity index (χ4n) is 0. The second-order valence-electron chi connectivity index (χ2n) is 0. The minimum Gasteiger partial charge on any atom is -0.197 e. The molecule has 0 heterocycles. The second-order valence-corrected chi connectivity index (χ2v) is 0. The molecule has 2 radical (unpaired) electrons. The summed E-state index contributed by atoms with van der Waals surface area (Å²) in [6.07, 6.45) is 0. The fraction of sp³-hybridized carbons (Fsp3) is 0. The Morgan fingerprint density at radius 2 is 1.20 bits per heavy atom. The van der Waals surface area contributed by atoms with Crippen molar-refractivity contribution in [2.75, 3.05) is 0 Å². The van der Waals surface area contributed by atoms with Gasteiger partial charge in [0.2, 0.25) is 0 Å². The number of rotatable bonds is 0. The van der Waals surface area contributed by atoms with E-state index in [4.69, 9.17) is 4.21 Å². The smallest absolute Gasteiger partial charge is 0.197 e. The molecule has 0 aliphatic rings. The standard InChI is InChI=1S/Eu.OS.Sm.Y/c;1-2;;. The van der Waals surface area contributed by atoms with E-state index in [9.17, 15) is 0 Å². The van der Waals surface area contributed by atoms with Gasteiger partial charge in [-0.2, -0.15) is 4.21 Å². The molecule has 28 valence electrons. The molecule has 0 bridgehead atoms. The molecule has 0 spiro atoms. The van der Waals surface area contributed by atoms with Crippen molar-refractivity contribution in [2.24, 2.45) is 0 Å². The van der Waals surface area contributed by atoms with Gasteiger partial charge in [0.1, 0.15) is 0 Å². The summed E-state index contributed by atoms with van der Waals surface area (Å²) in [6.45, 7) is 0. The summed E-state index contributed by atoms with van der Waals surface area (Å²) in [5.74, 6) is 0. The Bertz CT molecular complexity index is 11.6. The van der Waals surface area contributed by atoms with E-state index < -0.39 is 0 Å². The summed E-state index contributed by atoms with van der Waals surface area (Å²) < 4.78 is 7.83. The molecule has 1 nitrogen and oxygen atoms in total. The monoisotopic (exact) mass is 442 g/mol. The molecule has 0 aromatic rings. The van der Waals surface area contributed by atoms with Crippen LogP contribution in [-0.4, -0.2) is 4.21 Å². The molecule has 0 saturated carbocycles. The summed E-state index contributed by atoms with van der Waals surface area (Å²) in [5.41, 5.74) is 0. The summed E-state index contributed by atoms with van der Waals surface area (Å²) in [4.78, 5) is 0. The Labute approximate surface area is 135 Å². The van der Waals surface area contributed by atoms with Crippen molar-refractivity contribution in [3.8, 4) is 0 Å². The summed E-state index contributed by atoms with van der Waals surface area (Å²) in [6, 6.07) is 0. The zero-order valence-electron chi connectivity index (χ0n) is 2.18. The molecule has 0 N–H and O–H groups in total. The third-order valence-corrected chi connectivity index (χ3v) is 0. The normalized spacial score (nSPS) is 0.800. The summed E-state index contributed by atoms with van der Waals surface area (Å²) >= 11 is 2.83. The molecule has 0 amide bonds. The van der Waals surface area contributed by atoms with Crippen LogP contribution < -0.4 is 0 Å². The minimum atomic E-state index is 0. The van der Waals surface area contributed by atoms with Gasteiger partial charge in [0.05, 0.1) is 0 Å². The SMILES string of the molecule is O=S.[Eu].[Sm].[Y]. The molecule has 0 aliphatic carbocycles. The van der Waals surface area contributed by atoms with Crippen LogP contribution in [0.2, 0.25) is 0 Å². The van der Waals surface area contributed by atoms with Crippen molar-refractivity contribution < 1.29 is 127 Å². The molecule has 0 rings (SSSR count). The van der Waals surface area contributed by atoms with Gasteiger partial charge in [0.25, 0.3) is 0 Å². The maximum absolute atomic E-state index is 7.83. The molecule has 5 heteroatoms. The van der Waals surface area contributed by atoms with E-state index in [2.05, 4.69) is 12.5 Å². The first-order valence-corrected chi connectivity index (χ1v) is 0.500. The first kappa shape index (κ1) is 23.0. The molecule has 0 unspecified atom stereocenters. The van der Waals surface area contributed by atoms with Gasteiger partial charge in [0.15, 0.2) is 12.5 Å². The van der Waals surface area contributed by atoms with Crippen molar-refractivity contribution in [2.45, 2.75) is 0 Å². The molecule has 0 aromatic heterocycles. The second kappa shape index (κ2) is 24.4. The van der Waals surface area contributed by atoms with Gasteiger partial charge in [0, 0.05) is 122 Å². The first-order valence-electron chi connectivity index (χ1n) is 0.167. The van der Waals surface area contributed by atoms with Crippen LogP contribution in [0.25, 0.3) is 0 Å². The van der Waals surface area contributed by atoms with Gasteiger partial charge >= 0.3 is 0 Å². The van der Waals surface area contributed by atoms with Crippen LogP contribution in [0, 0.1) is 89.8 Å². The molecule has 0 saturated heterocycles. The summed E-state index contributed by atoms with van der Waals surface area (Å²) in [7, 11) is 0. The maximum atomic E-state index is 7.83. The molecular formula is EuOSSmY. The van der Waals surface area contributed by atoms with Crippen LogP contribution >= 0.6 is 0 Å². The van der Waals surface area contributed by atoms with Crippen molar-refractivity contribution >= 4 is 12.5 Å². The third kappa shape index (κ3) is 18.0. The topological polar surface area (TPSA) is 17.1 Å². The Morgan fingerprint density at radius 1 is 1.20 bits per heavy atom. The van der Waals surface area contributed by atoms with E-state index in [0.717, 1.165) is 0 Å². The number of hydrogen-bond donors (Lipinski definition) is 0. The van der Waals surface area contributed by atoms with Gasteiger partial charge in [-0.3, -0.25) is 0 Å². The van der Waals surface area contributed by atoms with Crippen LogP contribution in [0.1, 0.15) is 0 Å². The molecule has 0 atom stereocenters. The Balaban J connectivity index is -0.00000000167. The number of hydrogen-bond acceptors (Lipinski definition) is 2. The largest absolute Gasteiger partial charge is 0.197 e. The zero-order chi connectivity index (χ0) is 2.00. The fourth-order valence-corrected chi connectivity index (χ4v) is 0. The minimum absolute atomic E-state index is 0. The van der Waals surface area contributed by atoms with Gasteiger partial charge in [-0.05, 0) is 0 Å². The Hall–Kier alpha value is 4.05. The van der Waals surface area contributed by atoms with E-state index in [0.29, 0.717) is 0 Å². The quantitative estimate of drug-likeness (QED) is 0.514. The Kier molecular flexibility index (Phi) is 112. The summed E-state index contributed by atoms with van der Waals surface area (Å²) in [5, 5.41) is 0. The van der Waals surface area contributed by atoms with E-state index >= 15 is 0 Å². The van der Waals surface area contributed by atoms with Crippen LogP contribution in [0.4, 0.5) is 0 Å². The van der Waals surface area contributed by atoms with Crippen LogP contribution in [0.3, 0.4) is 0 Å². The predicted octanol–water partition coefficient (Wildman–Crippen LogP) is -0.339. The molecule has 0 fully saturated rings. The van der Waals surface area contributed by atoms with E-state index in [-0.39, 0.29) is 122 Å². The van der Waals surface area contributed by atoms with E-state index in [1.807, 2.05) is 0 Å². The first-order chi connectivity index (χ1) is 1.00. The van der Waals surface area contributed by atoms with E-state index in [1.54, 1.807) is 0 Å².